The van der Waals surface area contributed by atoms with Crippen LogP contribution in [0.25, 0.3) is 16.8 Å². The van der Waals surface area contributed by atoms with Crippen LogP contribution in [0.3, 0.4) is 0 Å². The van der Waals surface area contributed by atoms with E-state index in [2.05, 4.69) is 10.4 Å². The number of carbonyl (C=O) groups is 1. The van der Waals surface area contributed by atoms with Gasteiger partial charge in [0.25, 0.3) is 5.91 Å². The quantitative estimate of drug-likeness (QED) is 0.546. The Kier molecular flexibility index (Phi) is 5.22. The third-order valence-electron chi connectivity index (χ3n) is 4.67. The largest absolute Gasteiger partial charge is 0.306 e. The van der Waals surface area contributed by atoms with Crippen molar-refractivity contribution >= 4 is 11.7 Å². The highest BCUT2D eigenvalue weighted by atomic mass is 19.1. The molecule has 0 aliphatic carbocycles. The molecule has 0 spiro atoms. The van der Waals surface area contributed by atoms with E-state index in [0.29, 0.717) is 11.3 Å². The lowest BCUT2D eigenvalue weighted by molar-refractivity contribution is 0.102. The second-order valence-electron chi connectivity index (χ2n) is 6.69. The van der Waals surface area contributed by atoms with Gasteiger partial charge in [-0.3, -0.25) is 9.59 Å². The number of benzene rings is 3. The van der Waals surface area contributed by atoms with Crippen LogP contribution in [0, 0.1) is 12.7 Å². The van der Waals surface area contributed by atoms with Gasteiger partial charge in [0.05, 0.1) is 16.8 Å². The maximum absolute atomic E-state index is 14.2. The van der Waals surface area contributed by atoms with Crippen LogP contribution >= 0.6 is 0 Å². The number of hydrogen-bond acceptors (Lipinski definition) is 3. The van der Waals surface area contributed by atoms with Crippen LogP contribution in [0.4, 0.5) is 10.2 Å². The second-order valence-corrected chi connectivity index (χ2v) is 6.69. The minimum absolute atomic E-state index is 0.121. The Balaban J connectivity index is 1.96. The average molecular weight is 399 g/mol. The highest BCUT2D eigenvalue weighted by molar-refractivity contribution is 6.06. The Morgan fingerprint density at radius 3 is 2.17 bits per heavy atom. The molecule has 0 unspecified atom stereocenters. The van der Waals surface area contributed by atoms with Crippen LogP contribution in [-0.2, 0) is 0 Å². The molecule has 1 N–H and O–H groups in total. The summed E-state index contributed by atoms with van der Waals surface area (Å²) >= 11 is 0. The van der Waals surface area contributed by atoms with Crippen LogP contribution in [0.1, 0.15) is 16.1 Å². The molecule has 0 fully saturated rings. The van der Waals surface area contributed by atoms with Crippen molar-refractivity contribution in [2.75, 3.05) is 5.32 Å². The van der Waals surface area contributed by atoms with Gasteiger partial charge in [-0.1, -0.05) is 60.7 Å². The Bertz CT molecular complexity index is 1270. The number of carbonyl (C=O) groups excluding carboxylic acids is 1. The summed E-state index contributed by atoms with van der Waals surface area (Å²) in [6.07, 6.45) is 0. The maximum atomic E-state index is 14.2. The third-order valence-corrected chi connectivity index (χ3v) is 4.67. The number of aryl methyl sites for hydroxylation is 1. The molecular weight excluding hydrogens is 381 g/mol. The first-order chi connectivity index (χ1) is 14.6. The van der Waals surface area contributed by atoms with E-state index < -0.39 is 11.7 Å². The molecule has 1 amide bonds. The van der Waals surface area contributed by atoms with E-state index in [1.165, 1.54) is 22.9 Å². The topological polar surface area (TPSA) is 64.0 Å². The Morgan fingerprint density at radius 2 is 1.50 bits per heavy atom. The molecule has 30 heavy (non-hydrogen) atoms. The van der Waals surface area contributed by atoms with Gasteiger partial charge in [0.1, 0.15) is 17.3 Å². The molecule has 0 radical (unpaired) electrons. The lowest BCUT2D eigenvalue weighted by Gasteiger charge is -2.18. The zero-order valence-electron chi connectivity index (χ0n) is 16.2. The number of para-hydroxylation sites is 1. The fraction of sp³-hybridized carbons (Fsp3) is 0.0417. The van der Waals surface area contributed by atoms with E-state index >= 15 is 0 Å². The molecule has 3 aromatic carbocycles. The van der Waals surface area contributed by atoms with Crippen molar-refractivity contribution in [1.82, 2.24) is 9.78 Å². The van der Waals surface area contributed by atoms with Crippen molar-refractivity contribution in [2.24, 2.45) is 0 Å². The molecule has 1 heterocycles. The normalized spacial score (nSPS) is 10.6. The Hall–Kier alpha value is -4.06. The molecule has 0 saturated heterocycles. The van der Waals surface area contributed by atoms with E-state index in [1.807, 2.05) is 36.4 Å². The summed E-state index contributed by atoms with van der Waals surface area (Å²) in [6, 6.07) is 23.8. The van der Waals surface area contributed by atoms with Crippen molar-refractivity contribution in [3.8, 4) is 16.8 Å². The monoisotopic (exact) mass is 399 g/mol. The minimum atomic E-state index is -0.667. The van der Waals surface area contributed by atoms with E-state index in [9.17, 15) is 14.0 Å². The minimum Gasteiger partial charge on any atom is -0.306 e. The molecule has 0 saturated carbocycles. The third kappa shape index (κ3) is 3.63. The molecular formula is C24H18FN3O2. The predicted molar refractivity (Wildman–Crippen MR) is 114 cm³/mol. The first-order valence-corrected chi connectivity index (χ1v) is 9.37. The van der Waals surface area contributed by atoms with Gasteiger partial charge in [-0.25, -0.2) is 9.07 Å². The van der Waals surface area contributed by atoms with Gasteiger partial charge < -0.3 is 5.32 Å². The van der Waals surface area contributed by atoms with Crippen molar-refractivity contribution in [1.29, 1.82) is 0 Å². The van der Waals surface area contributed by atoms with Gasteiger partial charge >= 0.3 is 0 Å². The highest BCUT2D eigenvalue weighted by Gasteiger charge is 2.21. The molecule has 4 rings (SSSR count). The number of nitrogens with zero attached hydrogens (tertiary/aromatic N) is 2. The van der Waals surface area contributed by atoms with Gasteiger partial charge in [0.15, 0.2) is 0 Å². The SMILES string of the molecule is Cc1nn(-c2ccccc2)c(NC(=O)c2ccccc2F)c(-c2ccccc2)c1=O. The number of amides is 1. The second kappa shape index (κ2) is 8.13. The van der Waals surface area contributed by atoms with Crippen LogP contribution in [-0.4, -0.2) is 15.7 Å². The smallest absolute Gasteiger partial charge is 0.259 e. The summed E-state index contributed by atoms with van der Waals surface area (Å²) in [5, 5.41) is 7.12. The number of anilines is 1. The van der Waals surface area contributed by atoms with Crippen LogP contribution in [0.15, 0.2) is 89.7 Å². The van der Waals surface area contributed by atoms with E-state index in [4.69, 9.17) is 0 Å². The van der Waals surface area contributed by atoms with E-state index in [1.54, 1.807) is 37.3 Å². The van der Waals surface area contributed by atoms with Crippen LogP contribution < -0.4 is 10.7 Å². The highest BCUT2D eigenvalue weighted by Crippen LogP contribution is 2.27. The molecule has 5 nitrogen and oxygen atoms in total. The average Bonchev–Trinajstić information content (AvgIpc) is 2.77. The summed E-state index contributed by atoms with van der Waals surface area (Å²) in [4.78, 5) is 26.0. The fourth-order valence-corrected chi connectivity index (χ4v) is 3.20. The van der Waals surface area contributed by atoms with Crippen molar-refractivity contribution in [2.45, 2.75) is 6.92 Å². The molecule has 6 heteroatoms. The van der Waals surface area contributed by atoms with Crippen molar-refractivity contribution in [3.63, 3.8) is 0 Å². The standard InChI is InChI=1S/C24H18FN3O2/c1-16-22(29)21(17-10-4-2-5-11-17)23(28(27-16)18-12-6-3-7-13-18)26-24(30)19-14-8-9-15-20(19)25/h2-15H,1H3,(H,26,30). The first-order valence-electron chi connectivity index (χ1n) is 9.37. The summed E-state index contributed by atoms with van der Waals surface area (Å²) in [6.45, 7) is 1.62. The molecule has 0 aliphatic heterocycles. The number of nitrogens with one attached hydrogen (secondary N) is 1. The van der Waals surface area contributed by atoms with Gasteiger partial charge in [-0.05, 0) is 36.8 Å². The lowest BCUT2D eigenvalue weighted by Crippen LogP contribution is -2.25. The Labute approximate surface area is 172 Å². The summed E-state index contributed by atoms with van der Waals surface area (Å²) in [5.74, 6) is -1.14. The molecule has 4 aromatic rings. The lowest BCUT2D eigenvalue weighted by atomic mass is 10.0. The zero-order chi connectivity index (χ0) is 21.1. The molecule has 148 valence electrons. The molecule has 0 aliphatic rings. The van der Waals surface area contributed by atoms with Gasteiger partial charge in [0.2, 0.25) is 5.43 Å². The molecule has 0 atom stereocenters. The van der Waals surface area contributed by atoms with Crippen molar-refractivity contribution in [3.05, 3.63) is 112 Å². The van der Waals surface area contributed by atoms with Gasteiger partial charge in [-0.2, -0.15) is 5.10 Å². The summed E-state index contributed by atoms with van der Waals surface area (Å²) < 4.78 is 15.7. The van der Waals surface area contributed by atoms with Gasteiger partial charge in [-0.15, -0.1) is 0 Å². The number of rotatable bonds is 4. The van der Waals surface area contributed by atoms with E-state index in [-0.39, 0.29) is 28.1 Å². The van der Waals surface area contributed by atoms with Crippen LogP contribution in [0.5, 0.6) is 0 Å². The first kappa shape index (κ1) is 19.3. The predicted octanol–water partition coefficient (Wildman–Crippen LogP) is 4.60. The summed E-state index contributed by atoms with van der Waals surface area (Å²) in [7, 11) is 0. The van der Waals surface area contributed by atoms with E-state index in [0.717, 1.165) is 0 Å². The molecule has 1 aromatic heterocycles. The van der Waals surface area contributed by atoms with Gasteiger partial charge in [0, 0.05) is 0 Å². The fourth-order valence-electron chi connectivity index (χ4n) is 3.20. The molecule has 0 bridgehead atoms. The number of halogens is 1. The zero-order valence-corrected chi connectivity index (χ0v) is 16.2. The summed E-state index contributed by atoms with van der Waals surface area (Å²) in [5.41, 5.74) is 1.42. The number of hydrogen-bond donors (Lipinski definition) is 1. The van der Waals surface area contributed by atoms with Crippen LogP contribution in [0.2, 0.25) is 0 Å². The Morgan fingerprint density at radius 1 is 0.900 bits per heavy atom. The number of aromatic nitrogens is 2. The maximum Gasteiger partial charge on any atom is 0.259 e. The van der Waals surface area contributed by atoms with Crippen molar-refractivity contribution < 1.29 is 9.18 Å².